The summed E-state index contributed by atoms with van der Waals surface area (Å²) in [6.07, 6.45) is 7.07. The maximum atomic E-state index is 4.37. The third-order valence-corrected chi connectivity index (χ3v) is 3.35. The standard InChI is InChI=1S/C12H24N4S/c1-4-6-13-11(9-17-3)8-12-14-10-15-16(12)7-5-2/h10-11,13H,4-9H2,1-3H3. The number of aryl methyl sites for hydroxylation is 1. The predicted octanol–water partition coefficient (Wildman–Crippen LogP) is 1.96. The van der Waals surface area contributed by atoms with Gasteiger partial charge in [-0.3, -0.25) is 4.68 Å². The minimum atomic E-state index is 0.504. The van der Waals surface area contributed by atoms with Gasteiger partial charge >= 0.3 is 0 Å². The van der Waals surface area contributed by atoms with E-state index in [4.69, 9.17) is 0 Å². The highest BCUT2D eigenvalue weighted by Crippen LogP contribution is 2.05. The second-order valence-electron chi connectivity index (χ2n) is 4.21. The highest BCUT2D eigenvalue weighted by molar-refractivity contribution is 7.98. The van der Waals surface area contributed by atoms with E-state index in [2.05, 4.69) is 35.5 Å². The van der Waals surface area contributed by atoms with Gasteiger partial charge in [-0.2, -0.15) is 16.9 Å². The first-order valence-electron chi connectivity index (χ1n) is 6.40. The molecule has 0 aliphatic rings. The Balaban J connectivity index is 2.54. The number of hydrogen-bond acceptors (Lipinski definition) is 4. The minimum Gasteiger partial charge on any atom is -0.313 e. The molecule has 1 atom stereocenters. The van der Waals surface area contributed by atoms with Crippen LogP contribution in [-0.4, -0.2) is 39.4 Å². The van der Waals surface area contributed by atoms with E-state index in [1.807, 2.05) is 16.4 Å². The maximum Gasteiger partial charge on any atom is 0.138 e. The summed E-state index contributed by atoms with van der Waals surface area (Å²) in [7, 11) is 0. The van der Waals surface area contributed by atoms with Crippen LogP contribution in [0.5, 0.6) is 0 Å². The Hall–Kier alpha value is -0.550. The first-order valence-corrected chi connectivity index (χ1v) is 7.80. The fourth-order valence-electron chi connectivity index (χ4n) is 1.80. The molecule has 0 spiro atoms. The number of rotatable bonds is 9. The van der Waals surface area contributed by atoms with Crippen LogP contribution >= 0.6 is 11.8 Å². The Morgan fingerprint density at radius 1 is 1.41 bits per heavy atom. The largest absolute Gasteiger partial charge is 0.313 e. The Morgan fingerprint density at radius 3 is 2.88 bits per heavy atom. The van der Waals surface area contributed by atoms with Crippen LogP contribution in [-0.2, 0) is 13.0 Å². The Labute approximate surface area is 109 Å². The summed E-state index contributed by atoms with van der Waals surface area (Å²) in [6.45, 7) is 6.41. The van der Waals surface area contributed by atoms with Gasteiger partial charge < -0.3 is 5.32 Å². The molecule has 0 saturated heterocycles. The van der Waals surface area contributed by atoms with Crippen molar-refractivity contribution in [3.8, 4) is 0 Å². The van der Waals surface area contributed by atoms with Crippen LogP contribution in [0, 0.1) is 0 Å². The Kier molecular flexibility index (Phi) is 7.28. The summed E-state index contributed by atoms with van der Waals surface area (Å²) in [5.41, 5.74) is 0. The van der Waals surface area contributed by atoms with Crippen LogP contribution < -0.4 is 5.32 Å². The van der Waals surface area contributed by atoms with E-state index >= 15 is 0 Å². The van der Waals surface area contributed by atoms with Gasteiger partial charge in [0.15, 0.2) is 0 Å². The van der Waals surface area contributed by atoms with Gasteiger partial charge in [0.2, 0.25) is 0 Å². The van der Waals surface area contributed by atoms with E-state index in [0.29, 0.717) is 6.04 Å². The zero-order valence-corrected chi connectivity index (χ0v) is 12.0. The van der Waals surface area contributed by atoms with Gasteiger partial charge in [0.25, 0.3) is 0 Å². The van der Waals surface area contributed by atoms with Gasteiger partial charge in [0.1, 0.15) is 12.2 Å². The molecule has 1 heterocycles. The average molecular weight is 256 g/mol. The van der Waals surface area contributed by atoms with E-state index in [1.165, 1.54) is 6.42 Å². The molecule has 0 radical (unpaired) electrons. The van der Waals surface area contributed by atoms with Crippen LogP contribution in [0.2, 0.25) is 0 Å². The molecule has 0 aromatic carbocycles. The molecular weight excluding hydrogens is 232 g/mol. The van der Waals surface area contributed by atoms with E-state index in [0.717, 1.165) is 37.5 Å². The van der Waals surface area contributed by atoms with Gasteiger partial charge in [0, 0.05) is 24.8 Å². The summed E-state index contributed by atoms with van der Waals surface area (Å²) in [6, 6.07) is 0.504. The fraction of sp³-hybridized carbons (Fsp3) is 0.833. The SMILES string of the molecule is CCCNC(CSC)Cc1ncnn1CCC. The van der Waals surface area contributed by atoms with Crippen molar-refractivity contribution in [2.45, 2.75) is 45.7 Å². The Morgan fingerprint density at radius 2 is 2.24 bits per heavy atom. The van der Waals surface area contributed by atoms with E-state index in [1.54, 1.807) is 6.33 Å². The topological polar surface area (TPSA) is 42.7 Å². The molecule has 1 unspecified atom stereocenters. The van der Waals surface area contributed by atoms with Crippen LogP contribution in [0.25, 0.3) is 0 Å². The number of nitrogens with zero attached hydrogens (tertiary/aromatic N) is 3. The second kappa shape index (κ2) is 8.53. The molecule has 4 nitrogen and oxygen atoms in total. The maximum absolute atomic E-state index is 4.37. The molecule has 0 amide bonds. The highest BCUT2D eigenvalue weighted by Gasteiger charge is 2.12. The third kappa shape index (κ3) is 5.08. The molecule has 0 bridgehead atoms. The van der Waals surface area contributed by atoms with Gasteiger partial charge in [-0.05, 0) is 25.6 Å². The number of thioether (sulfide) groups is 1. The molecule has 1 rings (SSSR count). The molecule has 0 fully saturated rings. The van der Waals surface area contributed by atoms with E-state index in [-0.39, 0.29) is 0 Å². The van der Waals surface area contributed by atoms with Crippen LogP contribution in [0.15, 0.2) is 6.33 Å². The summed E-state index contributed by atoms with van der Waals surface area (Å²) < 4.78 is 2.03. The summed E-state index contributed by atoms with van der Waals surface area (Å²) in [4.78, 5) is 4.37. The smallest absolute Gasteiger partial charge is 0.138 e. The van der Waals surface area contributed by atoms with Gasteiger partial charge in [-0.15, -0.1) is 0 Å². The molecule has 17 heavy (non-hydrogen) atoms. The van der Waals surface area contributed by atoms with Crippen molar-refractivity contribution < 1.29 is 0 Å². The first kappa shape index (κ1) is 14.5. The quantitative estimate of drug-likeness (QED) is 0.733. The van der Waals surface area contributed by atoms with Crippen molar-refractivity contribution >= 4 is 11.8 Å². The van der Waals surface area contributed by atoms with Crippen molar-refractivity contribution in [2.24, 2.45) is 0 Å². The molecule has 1 aromatic heterocycles. The van der Waals surface area contributed by atoms with E-state index in [9.17, 15) is 0 Å². The lowest BCUT2D eigenvalue weighted by Crippen LogP contribution is -2.35. The molecular formula is C12H24N4S. The van der Waals surface area contributed by atoms with Crippen molar-refractivity contribution in [2.75, 3.05) is 18.6 Å². The van der Waals surface area contributed by atoms with Crippen molar-refractivity contribution in [3.63, 3.8) is 0 Å². The lowest BCUT2D eigenvalue weighted by molar-refractivity contribution is 0.503. The molecule has 0 saturated carbocycles. The minimum absolute atomic E-state index is 0.504. The lowest BCUT2D eigenvalue weighted by atomic mass is 10.2. The van der Waals surface area contributed by atoms with Crippen LogP contribution in [0.4, 0.5) is 0 Å². The molecule has 98 valence electrons. The number of aromatic nitrogens is 3. The van der Waals surface area contributed by atoms with Crippen LogP contribution in [0.1, 0.15) is 32.5 Å². The number of nitrogens with one attached hydrogen (secondary N) is 1. The molecule has 1 N–H and O–H groups in total. The molecule has 0 aliphatic carbocycles. The van der Waals surface area contributed by atoms with Crippen molar-refractivity contribution in [1.29, 1.82) is 0 Å². The zero-order chi connectivity index (χ0) is 12.5. The highest BCUT2D eigenvalue weighted by atomic mass is 32.2. The predicted molar refractivity (Wildman–Crippen MR) is 74.5 cm³/mol. The second-order valence-corrected chi connectivity index (χ2v) is 5.12. The monoisotopic (exact) mass is 256 g/mol. The average Bonchev–Trinajstić information content (AvgIpc) is 2.74. The van der Waals surface area contributed by atoms with Gasteiger partial charge in [-0.1, -0.05) is 13.8 Å². The fourth-order valence-corrected chi connectivity index (χ4v) is 2.44. The van der Waals surface area contributed by atoms with Crippen LogP contribution in [0.3, 0.4) is 0 Å². The summed E-state index contributed by atoms with van der Waals surface area (Å²) in [5, 5.41) is 7.85. The first-order chi connectivity index (χ1) is 8.31. The Bertz CT molecular complexity index is 300. The van der Waals surface area contributed by atoms with Gasteiger partial charge in [0.05, 0.1) is 0 Å². The zero-order valence-electron chi connectivity index (χ0n) is 11.1. The lowest BCUT2D eigenvalue weighted by Gasteiger charge is -2.17. The molecule has 0 aliphatic heterocycles. The van der Waals surface area contributed by atoms with Crippen molar-refractivity contribution in [3.05, 3.63) is 12.2 Å². The van der Waals surface area contributed by atoms with E-state index < -0.39 is 0 Å². The van der Waals surface area contributed by atoms with Gasteiger partial charge in [-0.25, -0.2) is 4.98 Å². The molecule has 1 aromatic rings. The summed E-state index contributed by atoms with van der Waals surface area (Å²) >= 11 is 1.88. The normalized spacial score (nSPS) is 12.9. The summed E-state index contributed by atoms with van der Waals surface area (Å²) in [5.74, 6) is 2.23. The molecule has 5 heteroatoms. The number of hydrogen-bond donors (Lipinski definition) is 1. The third-order valence-electron chi connectivity index (χ3n) is 2.61. The van der Waals surface area contributed by atoms with Crippen molar-refractivity contribution in [1.82, 2.24) is 20.1 Å².